The minimum Gasteiger partial charge on any atom is -0.304 e. The number of hydroxylamine groups is 1. The molecule has 1 rings (SSSR count). The molecule has 0 aromatic heterocycles. The average Bonchev–Trinajstić information content (AvgIpc) is 2.14. The second-order valence-corrected chi connectivity index (χ2v) is 5.25. The summed E-state index contributed by atoms with van der Waals surface area (Å²) in [5, 5.41) is 0. The first kappa shape index (κ1) is 12.9. The fourth-order valence-electron chi connectivity index (χ4n) is 1.54. The van der Waals surface area contributed by atoms with Gasteiger partial charge >= 0.3 is 0 Å². The fourth-order valence-corrected chi connectivity index (χ4v) is 1.54. The number of piperazine rings is 1. The van der Waals surface area contributed by atoms with E-state index < -0.39 is 0 Å². The van der Waals surface area contributed by atoms with Crippen molar-refractivity contribution in [1.82, 2.24) is 15.3 Å². The molecular formula is C11H25N3O. The minimum absolute atomic E-state index is 0.0951. The lowest BCUT2D eigenvalue weighted by molar-refractivity contribution is -0.0747. The van der Waals surface area contributed by atoms with E-state index in [2.05, 4.69) is 43.1 Å². The Morgan fingerprint density at radius 2 is 1.73 bits per heavy atom. The van der Waals surface area contributed by atoms with E-state index >= 15 is 0 Å². The number of hydrogen-bond acceptors (Lipinski definition) is 4. The van der Waals surface area contributed by atoms with Gasteiger partial charge in [0.05, 0.1) is 5.60 Å². The summed E-state index contributed by atoms with van der Waals surface area (Å²) in [6, 6.07) is 0. The molecule has 0 radical (unpaired) electrons. The van der Waals surface area contributed by atoms with Gasteiger partial charge in [-0.3, -0.25) is 9.74 Å². The predicted molar refractivity (Wildman–Crippen MR) is 62.8 cm³/mol. The zero-order valence-electron chi connectivity index (χ0n) is 10.5. The van der Waals surface area contributed by atoms with E-state index in [1.54, 1.807) is 0 Å². The number of rotatable bonds is 4. The van der Waals surface area contributed by atoms with Gasteiger partial charge in [-0.25, -0.2) is 5.48 Å². The van der Waals surface area contributed by atoms with Gasteiger partial charge in [0.2, 0.25) is 0 Å². The Morgan fingerprint density at radius 1 is 1.13 bits per heavy atom. The van der Waals surface area contributed by atoms with Crippen molar-refractivity contribution >= 4 is 0 Å². The van der Waals surface area contributed by atoms with Crippen LogP contribution >= 0.6 is 0 Å². The van der Waals surface area contributed by atoms with Crippen molar-refractivity contribution in [2.75, 3.05) is 46.3 Å². The Kier molecular flexibility index (Phi) is 4.99. The van der Waals surface area contributed by atoms with E-state index in [1.807, 2.05) is 0 Å². The SMILES string of the molecule is CN1CCN(CCNOC(C)(C)C)CC1. The van der Waals surface area contributed by atoms with Crippen LogP contribution in [0.3, 0.4) is 0 Å². The predicted octanol–water partition coefficient (Wildman–Crippen LogP) is 0.554. The maximum absolute atomic E-state index is 5.45. The van der Waals surface area contributed by atoms with Gasteiger partial charge in [0.25, 0.3) is 0 Å². The molecule has 4 nitrogen and oxygen atoms in total. The molecule has 0 unspecified atom stereocenters. The first-order valence-corrected chi connectivity index (χ1v) is 5.79. The molecule has 0 bridgehead atoms. The largest absolute Gasteiger partial charge is 0.304 e. The minimum atomic E-state index is -0.0951. The number of likely N-dealkylation sites (N-methyl/N-ethyl adjacent to an activating group) is 1. The van der Waals surface area contributed by atoms with Crippen LogP contribution in [0.5, 0.6) is 0 Å². The van der Waals surface area contributed by atoms with E-state index in [4.69, 9.17) is 4.84 Å². The Hall–Kier alpha value is -0.160. The van der Waals surface area contributed by atoms with Gasteiger partial charge in [-0.05, 0) is 27.8 Å². The molecule has 1 heterocycles. The molecule has 1 saturated heterocycles. The molecule has 4 heteroatoms. The normalized spacial score (nSPS) is 20.8. The molecule has 0 saturated carbocycles. The summed E-state index contributed by atoms with van der Waals surface area (Å²) in [5.74, 6) is 0. The van der Waals surface area contributed by atoms with Crippen LogP contribution in [0.15, 0.2) is 0 Å². The highest BCUT2D eigenvalue weighted by Crippen LogP contribution is 2.03. The second kappa shape index (κ2) is 5.80. The van der Waals surface area contributed by atoms with E-state index in [9.17, 15) is 0 Å². The first-order valence-electron chi connectivity index (χ1n) is 5.79. The third-order valence-corrected chi connectivity index (χ3v) is 2.50. The van der Waals surface area contributed by atoms with Crippen molar-refractivity contribution in [2.24, 2.45) is 0 Å². The third kappa shape index (κ3) is 6.10. The van der Waals surface area contributed by atoms with E-state index in [0.717, 1.165) is 13.1 Å². The van der Waals surface area contributed by atoms with E-state index in [-0.39, 0.29) is 5.60 Å². The topological polar surface area (TPSA) is 27.7 Å². The van der Waals surface area contributed by atoms with Gasteiger partial charge in [-0.1, -0.05) is 0 Å². The van der Waals surface area contributed by atoms with Crippen molar-refractivity contribution < 1.29 is 4.84 Å². The Morgan fingerprint density at radius 3 is 2.27 bits per heavy atom. The lowest BCUT2D eigenvalue weighted by Gasteiger charge is -2.32. The lowest BCUT2D eigenvalue weighted by Crippen LogP contribution is -2.46. The van der Waals surface area contributed by atoms with Crippen LogP contribution in [0.25, 0.3) is 0 Å². The van der Waals surface area contributed by atoms with Gasteiger partial charge in [0, 0.05) is 39.3 Å². The highest BCUT2D eigenvalue weighted by molar-refractivity contribution is 4.69. The van der Waals surface area contributed by atoms with Crippen molar-refractivity contribution in [3.05, 3.63) is 0 Å². The smallest absolute Gasteiger partial charge is 0.0812 e. The molecule has 15 heavy (non-hydrogen) atoms. The van der Waals surface area contributed by atoms with Crippen molar-refractivity contribution in [3.8, 4) is 0 Å². The van der Waals surface area contributed by atoms with Gasteiger partial charge < -0.3 is 4.90 Å². The number of hydrogen-bond donors (Lipinski definition) is 1. The van der Waals surface area contributed by atoms with Gasteiger partial charge in [0.1, 0.15) is 0 Å². The molecule has 1 aliphatic rings. The van der Waals surface area contributed by atoms with Crippen molar-refractivity contribution in [2.45, 2.75) is 26.4 Å². The Labute approximate surface area is 93.5 Å². The summed E-state index contributed by atoms with van der Waals surface area (Å²) in [4.78, 5) is 10.3. The molecule has 0 amide bonds. The molecule has 0 aromatic rings. The van der Waals surface area contributed by atoms with E-state index in [1.165, 1.54) is 26.2 Å². The van der Waals surface area contributed by atoms with Crippen molar-refractivity contribution in [1.29, 1.82) is 0 Å². The first-order chi connectivity index (χ1) is 6.97. The summed E-state index contributed by atoms with van der Waals surface area (Å²) in [6.45, 7) is 12.8. The quantitative estimate of drug-likeness (QED) is 0.547. The Bertz CT molecular complexity index is 171. The molecule has 0 atom stereocenters. The van der Waals surface area contributed by atoms with Crippen LogP contribution in [-0.2, 0) is 4.84 Å². The van der Waals surface area contributed by atoms with E-state index in [0.29, 0.717) is 0 Å². The molecular weight excluding hydrogens is 190 g/mol. The molecule has 90 valence electrons. The van der Waals surface area contributed by atoms with Crippen LogP contribution in [0.1, 0.15) is 20.8 Å². The Balaban J connectivity index is 2.01. The standard InChI is InChI=1S/C11H25N3O/c1-11(2,3)15-12-5-6-14-9-7-13(4)8-10-14/h12H,5-10H2,1-4H3. The molecule has 0 spiro atoms. The number of nitrogens with one attached hydrogen (secondary N) is 1. The summed E-state index contributed by atoms with van der Waals surface area (Å²) >= 11 is 0. The fraction of sp³-hybridized carbons (Fsp3) is 1.00. The molecule has 1 aliphatic heterocycles. The third-order valence-electron chi connectivity index (χ3n) is 2.50. The molecule has 1 N–H and O–H groups in total. The second-order valence-electron chi connectivity index (χ2n) is 5.25. The van der Waals surface area contributed by atoms with Crippen LogP contribution in [-0.4, -0.2) is 61.7 Å². The summed E-state index contributed by atoms with van der Waals surface area (Å²) < 4.78 is 0. The zero-order chi connectivity index (χ0) is 11.3. The summed E-state index contributed by atoms with van der Waals surface area (Å²) in [7, 11) is 2.18. The molecule has 0 aromatic carbocycles. The average molecular weight is 215 g/mol. The molecule has 1 fully saturated rings. The highest BCUT2D eigenvalue weighted by atomic mass is 16.7. The highest BCUT2D eigenvalue weighted by Gasteiger charge is 2.14. The van der Waals surface area contributed by atoms with Crippen LogP contribution in [0.4, 0.5) is 0 Å². The maximum atomic E-state index is 5.45. The van der Waals surface area contributed by atoms with Crippen LogP contribution < -0.4 is 5.48 Å². The number of nitrogens with zero attached hydrogens (tertiary/aromatic N) is 2. The maximum Gasteiger partial charge on any atom is 0.0812 e. The molecule has 0 aliphatic carbocycles. The zero-order valence-corrected chi connectivity index (χ0v) is 10.5. The monoisotopic (exact) mass is 215 g/mol. The summed E-state index contributed by atoms with van der Waals surface area (Å²) in [6.07, 6.45) is 0. The van der Waals surface area contributed by atoms with Crippen molar-refractivity contribution in [3.63, 3.8) is 0 Å². The lowest BCUT2D eigenvalue weighted by atomic mass is 10.2. The van der Waals surface area contributed by atoms with Gasteiger partial charge in [-0.15, -0.1) is 0 Å². The summed E-state index contributed by atoms with van der Waals surface area (Å²) in [5.41, 5.74) is 2.93. The van der Waals surface area contributed by atoms with Gasteiger partial charge in [-0.2, -0.15) is 0 Å². The van der Waals surface area contributed by atoms with Crippen LogP contribution in [0.2, 0.25) is 0 Å². The van der Waals surface area contributed by atoms with Gasteiger partial charge in [0.15, 0.2) is 0 Å². The van der Waals surface area contributed by atoms with Crippen LogP contribution in [0, 0.1) is 0 Å².